The summed E-state index contributed by atoms with van der Waals surface area (Å²) in [4.78, 5) is 11.8. The van der Waals surface area contributed by atoms with E-state index in [0.29, 0.717) is 11.7 Å². The number of aliphatic hydroxyl groups is 2. The summed E-state index contributed by atoms with van der Waals surface area (Å²) in [5.74, 6) is -1.05. The van der Waals surface area contributed by atoms with Gasteiger partial charge in [-0.3, -0.25) is 0 Å². The number of cyclic esters (lactones) is 1. The summed E-state index contributed by atoms with van der Waals surface area (Å²) in [6.07, 6.45) is 2.50. The number of aliphatic hydroxyl groups excluding tert-OH is 2. The molecule has 0 saturated carbocycles. The molecular formula is C17H22O4Se. The molecule has 2 rings (SSSR count). The number of hydrogen-bond acceptors (Lipinski definition) is 4. The second kappa shape index (κ2) is 8.49. The van der Waals surface area contributed by atoms with Crippen molar-refractivity contribution < 1.29 is 19.7 Å². The van der Waals surface area contributed by atoms with Gasteiger partial charge in [0, 0.05) is 0 Å². The number of allylic oxidation sites excluding steroid dienone is 1. The Hall–Kier alpha value is -1.13. The molecule has 0 aromatic heterocycles. The Labute approximate surface area is 137 Å². The maximum atomic E-state index is 11.8. The van der Waals surface area contributed by atoms with Gasteiger partial charge in [0.25, 0.3) is 0 Å². The molecule has 0 bridgehead atoms. The summed E-state index contributed by atoms with van der Waals surface area (Å²) in [5.41, 5.74) is 0. The van der Waals surface area contributed by atoms with Gasteiger partial charge >= 0.3 is 137 Å². The van der Waals surface area contributed by atoms with Gasteiger partial charge in [0.05, 0.1) is 0 Å². The Balaban J connectivity index is 1.87. The van der Waals surface area contributed by atoms with E-state index in [1.54, 1.807) is 19.1 Å². The van der Waals surface area contributed by atoms with E-state index in [1.807, 2.05) is 18.2 Å². The Kier molecular flexibility index (Phi) is 6.65. The summed E-state index contributed by atoms with van der Waals surface area (Å²) < 4.78 is 6.32. The van der Waals surface area contributed by atoms with Crippen LogP contribution in [-0.4, -0.2) is 50.0 Å². The van der Waals surface area contributed by atoms with Crippen LogP contribution in [0, 0.1) is 11.8 Å². The van der Waals surface area contributed by atoms with E-state index in [4.69, 9.17) is 4.74 Å². The molecule has 1 aliphatic heterocycles. The number of hydrogen-bond donors (Lipinski definition) is 2. The summed E-state index contributed by atoms with van der Waals surface area (Å²) >= 11 is 0.210. The first kappa shape index (κ1) is 17.2. The molecule has 22 heavy (non-hydrogen) atoms. The van der Waals surface area contributed by atoms with E-state index < -0.39 is 18.1 Å². The van der Waals surface area contributed by atoms with Crippen molar-refractivity contribution in [3.8, 4) is 0 Å². The molecule has 5 heteroatoms. The molecule has 0 radical (unpaired) electrons. The zero-order valence-corrected chi connectivity index (χ0v) is 14.3. The number of carbonyl (C=O) groups excluding carboxylic acids is 1. The van der Waals surface area contributed by atoms with E-state index in [1.165, 1.54) is 4.46 Å². The number of rotatable bonds is 7. The third-order valence-electron chi connectivity index (χ3n) is 3.74. The molecule has 0 spiro atoms. The van der Waals surface area contributed by atoms with Crippen LogP contribution in [0.15, 0.2) is 42.5 Å². The van der Waals surface area contributed by atoms with Crippen LogP contribution in [0.25, 0.3) is 0 Å². The van der Waals surface area contributed by atoms with Gasteiger partial charge in [-0.1, -0.05) is 0 Å². The molecule has 1 aromatic carbocycles. The van der Waals surface area contributed by atoms with Gasteiger partial charge in [0.2, 0.25) is 0 Å². The number of benzene rings is 1. The third-order valence-corrected chi connectivity index (χ3v) is 6.17. The van der Waals surface area contributed by atoms with E-state index in [9.17, 15) is 15.0 Å². The van der Waals surface area contributed by atoms with Crippen LogP contribution in [0.1, 0.15) is 13.3 Å². The first-order chi connectivity index (χ1) is 10.6. The first-order valence-electron chi connectivity index (χ1n) is 7.45. The van der Waals surface area contributed by atoms with Crippen molar-refractivity contribution in [1.82, 2.24) is 0 Å². The molecule has 4 nitrogen and oxygen atoms in total. The fraction of sp³-hybridized carbons (Fsp3) is 0.471. The molecule has 4 atom stereocenters. The monoisotopic (exact) mass is 370 g/mol. The van der Waals surface area contributed by atoms with Crippen LogP contribution in [0.2, 0.25) is 5.32 Å². The molecule has 1 aliphatic rings. The predicted octanol–water partition coefficient (Wildman–Crippen LogP) is 0.912. The molecule has 1 heterocycles. The average molecular weight is 369 g/mol. The van der Waals surface area contributed by atoms with Gasteiger partial charge in [0.15, 0.2) is 0 Å². The van der Waals surface area contributed by atoms with Crippen LogP contribution in [0.5, 0.6) is 0 Å². The summed E-state index contributed by atoms with van der Waals surface area (Å²) in [6.45, 7) is 2.09. The van der Waals surface area contributed by atoms with E-state index >= 15 is 0 Å². The molecule has 1 aromatic rings. The number of esters is 1. The quantitative estimate of drug-likeness (QED) is 0.426. The first-order valence-corrected chi connectivity index (χ1v) is 9.52. The zero-order valence-electron chi connectivity index (χ0n) is 12.6. The predicted molar refractivity (Wildman–Crippen MR) is 86.0 cm³/mol. The third kappa shape index (κ3) is 4.68. The van der Waals surface area contributed by atoms with Gasteiger partial charge in [-0.05, 0) is 0 Å². The van der Waals surface area contributed by atoms with E-state index in [2.05, 4.69) is 12.1 Å². The normalized spacial score (nSPS) is 24.4. The second-order valence-corrected chi connectivity index (χ2v) is 7.74. The average Bonchev–Trinajstić information content (AvgIpc) is 2.87. The van der Waals surface area contributed by atoms with Crippen molar-refractivity contribution in [2.75, 3.05) is 6.61 Å². The molecule has 0 aliphatic carbocycles. The zero-order chi connectivity index (χ0) is 15.9. The number of carbonyl (C=O) groups is 1. The molecule has 0 unspecified atom stereocenters. The fourth-order valence-corrected chi connectivity index (χ4v) is 4.48. The van der Waals surface area contributed by atoms with E-state index in [0.717, 1.165) is 0 Å². The van der Waals surface area contributed by atoms with Crippen LogP contribution in [0.3, 0.4) is 0 Å². The van der Waals surface area contributed by atoms with Gasteiger partial charge in [-0.2, -0.15) is 0 Å². The second-order valence-electron chi connectivity index (χ2n) is 5.45. The summed E-state index contributed by atoms with van der Waals surface area (Å²) in [5, 5.41) is 21.0. The molecule has 2 N–H and O–H groups in total. The minimum atomic E-state index is -0.836. The Morgan fingerprint density at radius 2 is 2.09 bits per heavy atom. The summed E-state index contributed by atoms with van der Waals surface area (Å²) in [7, 11) is 0. The van der Waals surface area contributed by atoms with Crippen molar-refractivity contribution in [1.29, 1.82) is 0 Å². The Bertz CT molecular complexity index is 503. The van der Waals surface area contributed by atoms with Crippen LogP contribution < -0.4 is 4.46 Å². The van der Waals surface area contributed by atoms with Gasteiger partial charge in [-0.25, -0.2) is 0 Å². The van der Waals surface area contributed by atoms with Crippen molar-refractivity contribution in [2.45, 2.75) is 30.9 Å². The fourth-order valence-electron chi connectivity index (χ4n) is 2.66. The van der Waals surface area contributed by atoms with Crippen molar-refractivity contribution in [2.24, 2.45) is 11.8 Å². The van der Waals surface area contributed by atoms with Gasteiger partial charge in [0.1, 0.15) is 0 Å². The molecular weight excluding hydrogens is 347 g/mol. The molecule has 1 saturated heterocycles. The van der Waals surface area contributed by atoms with Crippen LogP contribution in [0.4, 0.5) is 0 Å². The summed E-state index contributed by atoms with van der Waals surface area (Å²) in [6, 6.07) is 10.1. The van der Waals surface area contributed by atoms with Gasteiger partial charge < -0.3 is 0 Å². The van der Waals surface area contributed by atoms with Crippen molar-refractivity contribution >= 4 is 25.4 Å². The molecule has 1 fully saturated rings. The topological polar surface area (TPSA) is 66.8 Å². The SMILES string of the molecule is C/C=C/[C@H](O)[C@H]1C(=O)OC[C@@H]1C[C@@H](O)C[Se]c1ccccc1. The maximum absolute atomic E-state index is 11.8. The van der Waals surface area contributed by atoms with Crippen molar-refractivity contribution in [3.63, 3.8) is 0 Å². The van der Waals surface area contributed by atoms with Gasteiger partial charge in [-0.15, -0.1) is 0 Å². The number of ether oxygens (including phenoxy) is 1. The van der Waals surface area contributed by atoms with E-state index in [-0.39, 0.29) is 33.5 Å². The van der Waals surface area contributed by atoms with Crippen LogP contribution in [-0.2, 0) is 9.53 Å². The minimum absolute atomic E-state index is 0.125. The molecule has 0 amide bonds. The Morgan fingerprint density at radius 1 is 1.36 bits per heavy atom. The Morgan fingerprint density at radius 3 is 2.77 bits per heavy atom. The van der Waals surface area contributed by atoms with Crippen molar-refractivity contribution in [3.05, 3.63) is 42.5 Å². The van der Waals surface area contributed by atoms with Crippen LogP contribution >= 0.6 is 0 Å². The standard InChI is InChI=1S/C17H22O4Se/c1-2-6-15(19)16-12(10-21-17(16)20)9-13(18)11-22-14-7-4-3-5-8-14/h2-8,12-13,15-16,18-19H,9-11H2,1H3/b6-2+/t12-,13+,15-,16-/m0/s1. The molecule has 120 valence electrons.